The van der Waals surface area contributed by atoms with Gasteiger partial charge in [0, 0.05) is 11.6 Å². The van der Waals surface area contributed by atoms with Crippen molar-refractivity contribution in [1.82, 2.24) is 5.32 Å². The zero-order valence-electron chi connectivity index (χ0n) is 15.3. The summed E-state index contributed by atoms with van der Waals surface area (Å²) in [7, 11) is 3.19. The lowest BCUT2D eigenvalue weighted by atomic mass is 9.97. The second-order valence-corrected chi connectivity index (χ2v) is 6.60. The molecule has 2 aromatic rings. The third-order valence-corrected chi connectivity index (χ3v) is 3.55. The molecule has 0 saturated heterocycles. The average molecular weight is 343 g/mol. The predicted molar refractivity (Wildman–Crippen MR) is 97.2 cm³/mol. The van der Waals surface area contributed by atoms with Crippen molar-refractivity contribution in [1.29, 1.82) is 0 Å². The van der Waals surface area contributed by atoms with Crippen LogP contribution in [-0.4, -0.2) is 25.9 Å². The van der Waals surface area contributed by atoms with Crippen LogP contribution < -0.4 is 14.8 Å². The number of hydrogen-bond acceptors (Lipinski definition) is 4. The van der Waals surface area contributed by atoms with E-state index in [1.807, 2.05) is 63.2 Å². The summed E-state index contributed by atoms with van der Waals surface area (Å²) in [4.78, 5) is 12.3. The van der Waals surface area contributed by atoms with Gasteiger partial charge >= 0.3 is 6.09 Å². The van der Waals surface area contributed by atoms with Crippen LogP contribution >= 0.6 is 0 Å². The Morgan fingerprint density at radius 1 is 1.00 bits per heavy atom. The number of carbonyl (C=O) groups is 1. The molecule has 1 amide bonds. The standard InChI is InChI=1S/C20H25NO4/c1-20(2,3)25-19(22)21-18(14-9-7-6-8-10-14)16-12-11-15(23-4)13-17(16)24-5/h6-13,18H,1-5H3,(H,21,22). The average Bonchev–Trinajstić information content (AvgIpc) is 2.58. The number of hydrogen-bond donors (Lipinski definition) is 1. The Balaban J connectivity index is 2.41. The van der Waals surface area contributed by atoms with Gasteiger partial charge in [-0.05, 0) is 38.5 Å². The first-order chi connectivity index (χ1) is 11.8. The van der Waals surface area contributed by atoms with E-state index in [9.17, 15) is 4.79 Å². The van der Waals surface area contributed by atoms with E-state index < -0.39 is 17.7 Å². The molecule has 0 aliphatic rings. The molecule has 1 atom stereocenters. The van der Waals surface area contributed by atoms with Gasteiger partial charge in [-0.25, -0.2) is 4.79 Å². The first kappa shape index (κ1) is 18.6. The Hall–Kier alpha value is -2.69. The molecule has 0 fully saturated rings. The molecular formula is C20H25NO4. The summed E-state index contributed by atoms with van der Waals surface area (Å²) in [6.45, 7) is 5.49. The SMILES string of the molecule is COc1ccc(C(NC(=O)OC(C)(C)C)c2ccccc2)c(OC)c1. The van der Waals surface area contributed by atoms with Gasteiger partial charge in [0.25, 0.3) is 0 Å². The Bertz CT molecular complexity index is 707. The molecule has 0 radical (unpaired) electrons. The molecular weight excluding hydrogens is 318 g/mol. The van der Waals surface area contributed by atoms with Crippen LogP contribution in [0.3, 0.4) is 0 Å². The summed E-state index contributed by atoms with van der Waals surface area (Å²) in [6, 6.07) is 14.8. The van der Waals surface area contributed by atoms with Crippen LogP contribution in [0.1, 0.15) is 37.9 Å². The molecule has 0 aromatic heterocycles. The molecule has 1 N–H and O–H groups in total. The van der Waals surface area contributed by atoms with Gasteiger partial charge in [-0.15, -0.1) is 0 Å². The number of carbonyl (C=O) groups excluding carboxylic acids is 1. The van der Waals surface area contributed by atoms with E-state index in [2.05, 4.69) is 5.32 Å². The van der Waals surface area contributed by atoms with E-state index in [0.717, 1.165) is 11.1 Å². The van der Waals surface area contributed by atoms with E-state index in [0.29, 0.717) is 11.5 Å². The predicted octanol–water partition coefficient (Wildman–Crippen LogP) is 4.32. The monoisotopic (exact) mass is 343 g/mol. The number of alkyl carbamates (subject to hydrolysis) is 1. The molecule has 0 spiro atoms. The first-order valence-corrected chi connectivity index (χ1v) is 8.10. The molecule has 1 unspecified atom stereocenters. The molecule has 0 saturated carbocycles. The quantitative estimate of drug-likeness (QED) is 0.878. The number of nitrogens with one attached hydrogen (secondary N) is 1. The van der Waals surface area contributed by atoms with Gasteiger partial charge in [-0.3, -0.25) is 0 Å². The molecule has 0 bridgehead atoms. The summed E-state index contributed by atoms with van der Waals surface area (Å²) >= 11 is 0. The summed E-state index contributed by atoms with van der Waals surface area (Å²) in [6.07, 6.45) is -0.487. The topological polar surface area (TPSA) is 56.8 Å². The molecule has 0 aliphatic carbocycles. The summed E-state index contributed by atoms with van der Waals surface area (Å²) in [5.74, 6) is 1.31. The van der Waals surface area contributed by atoms with E-state index in [4.69, 9.17) is 14.2 Å². The van der Waals surface area contributed by atoms with Gasteiger partial charge in [0.1, 0.15) is 17.1 Å². The molecule has 2 aromatic carbocycles. The van der Waals surface area contributed by atoms with Crippen molar-refractivity contribution in [3.63, 3.8) is 0 Å². The van der Waals surface area contributed by atoms with Crippen LogP contribution in [0.25, 0.3) is 0 Å². The smallest absolute Gasteiger partial charge is 0.408 e. The van der Waals surface area contributed by atoms with Crippen LogP contribution in [0, 0.1) is 0 Å². The van der Waals surface area contributed by atoms with E-state index in [1.165, 1.54) is 0 Å². The van der Waals surface area contributed by atoms with Gasteiger partial charge in [0.2, 0.25) is 0 Å². The fraction of sp³-hybridized carbons (Fsp3) is 0.350. The first-order valence-electron chi connectivity index (χ1n) is 8.10. The molecule has 5 heteroatoms. The van der Waals surface area contributed by atoms with Crippen LogP contribution in [-0.2, 0) is 4.74 Å². The Kier molecular flexibility index (Phi) is 5.91. The molecule has 134 valence electrons. The van der Waals surface area contributed by atoms with E-state index in [-0.39, 0.29) is 0 Å². The van der Waals surface area contributed by atoms with Gasteiger partial charge in [-0.2, -0.15) is 0 Å². The lowest BCUT2D eigenvalue weighted by molar-refractivity contribution is 0.0512. The zero-order chi connectivity index (χ0) is 18.4. The van der Waals surface area contributed by atoms with Crippen molar-refractivity contribution in [2.45, 2.75) is 32.4 Å². The fourth-order valence-electron chi connectivity index (χ4n) is 2.47. The van der Waals surface area contributed by atoms with Crippen molar-refractivity contribution in [3.8, 4) is 11.5 Å². The molecule has 5 nitrogen and oxygen atoms in total. The van der Waals surface area contributed by atoms with Crippen molar-refractivity contribution in [2.75, 3.05) is 14.2 Å². The third-order valence-electron chi connectivity index (χ3n) is 3.55. The maximum atomic E-state index is 12.3. The number of rotatable bonds is 5. The third kappa shape index (κ3) is 5.14. The van der Waals surface area contributed by atoms with Crippen LogP contribution in [0.2, 0.25) is 0 Å². The van der Waals surface area contributed by atoms with Crippen LogP contribution in [0.15, 0.2) is 48.5 Å². The van der Waals surface area contributed by atoms with Gasteiger partial charge < -0.3 is 19.5 Å². The number of amides is 1. The largest absolute Gasteiger partial charge is 0.497 e. The normalized spacial score (nSPS) is 12.2. The molecule has 0 heterocycles. The highest BCUT2D eigenvalue weighted by Crippen LogP contribution is 2.33. The maximum absolute atomic E-state index is 12.3. The van der Waals surface area contributed by atoms with Crippen molar-refractivity contribution in [3.05, 3.63) is 59.7 Å². The number of methoxy groups -OCH3 is 2. The van der Waals surface area contributed by atoms with E-state index in [1.54, 1.807) is 20.3 Å². The Labute approximate surface area is 148 Å². The summed E-state index contributed by atoms with van der Waals surface area (Å²) in [5, 5.41) is 2.94. The lowest BCUT2D eigenvalue weighted by Gasteiger charge is -2.25. The summed E-state index contributed by atoms with van der Waals surface area (Å²) < 4.78 is 16.2. The molecule has 25 heavy (non-hydrogen) atoms. The second-order valence-electron chi connectivity index (χ2n) is 6.60. The van der Waals surface area contributed by atoms with E-state index >= 15 is 0 Å². The van der Waals surface area contributed by atoms with Crippen molar-refractivity contribution in [2.24, 2.45) is 0 Å². The lowest BCUT2D eigenvalue weighted by Crippen LogP contribution is -2.35. The minimum absolute atomic E-state index is 0.406. The minimum atomic E-state index is -0.574. The zero-order valence-corrected chi connectivity index (χ0v) is 15.3. The number of benzene rings is 2. The summed E-state index contributed by atoms with van der Waals surface area (Å²) in [5.41, 5.74) is 1.17. The van der Waals surface area contributed by atoms with Gasteiger partial charge in [0.15, 0.2) is 0 Å². The Morgan fingerprint density at radius 3 is 2.24 bits per heavy atom. The highest BCUT2D eigenvalue weighted by molar-refractivity contribution is 5.69. The highest BCUT2D eigenvalue weighted by atomic mass is 16.6. The second kappa shape index (κ2) is 7.92. The van der Waals surface area contributed by atoms with Crippen molar-refractivity contribution >= 4 is 6.09 Å². The maximum Gasteiger partial charge on any atom is 0.408 e. The molecule has 0 aliphatic heterocycles. The molecule has 2 rings (SSSR count). The van der Waals surface area contributed by atoms with Gasteiger partial charge in [-0.1, -0.05) is 30.3 Å². The van der Waals surface area contributed by atoms with Gasteiger partial charge in [0.05, 0.1) is 20.3 Å². The number of ether oxygens (including phenoxy) is 3. The Morgan fingerprint density at radius 2 is 1.68 bits per heavy atom. The van der Waals surface area contributed by atoms with Crippen LogP contribution in [0.4, 0.5) is 4.79 Å². The van der Waals surface area contributed by atoms with Crippen LogP contribution in [0.5, 0.6) is 11.5 Å². The highest BCUT2D eigenvalue weighted by Gasteiger charge is 2.24. The minimum Gasteiger partial charge on any atom is -0.497 e. The van der Waals surface area contributed by atoms with Crippen molar-refractivity contribution < 1.29 is 19.0 Å². The fourth-order valence-corrected chi connectivity index (χ4v) is 2.47.